The van der Waals surface area contributed by atoms with Crippen LogP contribution in [0.25, 0.3) is 0 Å². The monoisotopic (exact) mass is 462 g/mol. The maximum atomic E-state index is 13.6. The highest BCUT2D eigenvalue weighted by molar-refractivity contribution is 8.09. The highest BCUT2D eigenvalue weighted by atomic mass is 32.4. The standard InChI is InChI=1S/C22H32N5O2PS/c1-13(2)25(14(3)4)30(31,26(15(5)6)16(7)8)27-20-19(23-24-27)21(28)17-11-9-10-12-18(17)22(20)29/h9-16H,1-8H3/p+1. The predicted molar refractivity (Wildman–Crippen MR) is 126 cm³/mol. The summed E-state index contributed by atoms with van der Waals surface area (Å²) in [6.45, 7) is 14.2. The molecule has 0 radical (unpaired) electrons. The van der Waals surface area contributed by atoms with Crippen molar-refractivity contribution in [2.45, 2.75) is 79.6 Å². The van der Waals surface area contributed by atoms with Crippen LogP contribution < -0.4 is 4.45 Å². The van der Waals surface area contributed by atoms with Crippen molar-refractivity contribution in [3.63, 3.8) is 0 Å². The average molecular weight is 463 g/mol. The highest BCUT2D eigenvalue weighted by Gasteiger charge is 2.51. The fourth-order valence-electron chi connectivity index (χ4n) is 4.71. The molecule has 2 aromatic rings. The van der Waals surface area contributed by atoms with Crippen LogP contribution in [0.2, 0.25) is 0 Å². The lowest BCUT2D eigenvalue weighted by molar-refractivity contribution is -0.594. The molecule has 0 saturated heterocycles. The molecule has 9 heteroatoms. The Labute approximate surface area is 190 Å². The molecule has 0 amide bonds. The molecule has 1 aromatic heterocycles. The molecule has 0 bridgehead atoms. The molecule has 0 saturated carbocycles. The topological polar surface area (TPSA) is 73.2 Å². The van der Waals surface area contributed by atoms with Crippen molar-refractivity contribution in [3.05, 3.63) is 46.8 Å². The quantitative estimate of drug-likeness (QED) is 0.539. The van der Waals surface area contributed by atoms with Crippen LogP contribution in [0.1, 0.15) is 87.5 Å². The Bertz CT molecular complexity index is 1020. The second-order valence-electron chi connectivity index (χ2n) is 9.07. The van der Waals surface area contributed by atoms with Gasteiger partial charge in [-0.05, 0) is 67.2 Å². The van der Waals surface area contributed by atoms with Gasteiger partial charge < -0.3 is 0 Å². The molecule has 0 fully saturated rings. The van der Waals surface area contributed by atoms with Crippen molar-refractivity contribution in [1.29, 1.82) is 0 Å². The molecule has 168 valence electrons. The number of aromatic nitrogens is 3. The van der Waals surface area contributed by atoms with Crippen molar-refractivity contribution in [2.75, 3.05) is 0 Å². The summed E-state index contributed by atoms with van der Waals surface area (Å²) in [7, 11) is 0. The third kappa shape index (κ3) is 3.74. The minimum absolute atomic E-state index is 0.124. The van der Waals surface area contributed by atoms with Crippen LogP contribution >= 0.6 is 6.49 Å². The number of carbonyl (C=O) groups excluding carboxylic acids is 2. The molecule has 1 aliphatic carbocycles. The van der Waals surface area contributed by atoms with E-state index in [1.165, 1.54) is 0 Å². The number of carbonyl (C=O) groups is 2. The molecule has 0 aliphatic heterocycles. The molecular weight excluding hydrogens is 429 g/mol. The van der Waals surface area contributed by atoms with Gasteiger partial charge in [-0.2, -0.15) is 0 Å². The van der Waals surface area contributed by atoms with Gasteiger partial charge in [0, 0.05) is 35.3 Å². The lowest BCUT2D eigenvalue weighted by Crippen LogP contribution is -2.57. The first-order valence-electron chi connectivity index (χ1n) is 10.8. The largest absolute Gasteiger partial charge is 0.300 e. The van der Waals surface area contributed by atoms with E-state index in [9.17, 15) is 9.59 Å². The summed E-state index contributed by atoms with van der Waals surface area (Å²) >= 11 is 6.54. The Balaban J connectivity index is 2.36. The van der Waals surface area contributed by atoms with Crippen LogP contribution in [0.15, 0.2) is 24.3 Å². The summed E-state index contributed by atoms with van der Waals surface area (Å²) in [4.78, 5) is 26.8. The summed E-state index contributed by atoms with van der Waals surface area (Å²) in [6, 6.07) is 7.41. The first kappa shape index (κ1) is 23.9. The SMILES string of the molecule is CC(C)N(C(C)C)P(=S)(N(C(C)C)C(C)C)[n+]1[nH]nc2c1C(=O)c1ccccc1C2=O. The molecule has 31 heavy (non-hydrogen) atoms. The number of benzene rings is 1. The summed E-state index contributed by atoms with van der Waals surface area (Å²) in [5, 5.41) is 7.35. The number of H-pyrrole nitrogens is 1. The molecule has 1 aromatic carbocycles. The first-order chi connectivity index (χ1) is 14.4. The summed E-state index contributed by atoms with van der Waals surface area (Å²) in [5.41, 5.74) is 1.21. The van der Waals surface area contributed by atoms with Gasteiger partial charge in [0.05, 0.1) is 5.10 Å². The Morgan fingerprint density at radius 3 is 1.68 bits per heavy atom. The number of nitrogens with zero attached hydrogens (tertiary/aromatic N) is 4. The van der Waals surface area contributed by atoms with E-state index in [-0.39, 0.29) is 47.1 Å². The number of hydrogen-bond donors (Lipinski definition) is 1. The maximum Gasteiger partial charge on any atom is 0.300 e. The molecule has 1 aliphatic rings. The van der Waals surface area contributed by atoms with Crippen LogP contribution in [0.3, 0.4) is 0 Å². The molecule has 0 unspecified atom stereocenters. The van der Waals surface area contributed by atoms with Crippen LogP contribution in [-0.2, 0) is 11.8 Å². The fraction of sp³-hybridized carbons (Fsp3) is 0.545. The minimum Gasteiger partial charge on any atom is -0.284 e. The number of aromatic amines is 1. The molecule has 0 spiro atoms. The molecule has 1 heterocycles. The van der Waals surface area contributed by atoms with E-state index in [0.717, 1.165) is 0 Å². The van der Waals surface area contributed by atoms with E-state index in [4.69, 9.17) is 11.8 Å². The van der Waals surface area contributed by atoms with Crippen molar-refractivity contribution < 1.29 is 14.0 Å². The lowest BCUT2D eigenvalue weighted by Gasteiger charge is -2.46. The average Bonchev–Trinajstić information content (AvgIpc) is 3.11. The van der Waals surface area contributed by atoms with Crippen molar-refractivity contribution >= 4 is 29.9 Å². The third-order valence-corrected chi connectivity index (χ3v) is 11.0. The third-order valence-electron chi connectivity index (χ3n) is 5.52. The smallest absolute Gasteiger partial charge is 0.284 e. The number of rotatable bonds is 7. The van der Waals surface area contributed by atoms with Gasteiger partial charge in [0.15, 0.2) is 0 Å². The van der Waals surface area contributed by atoms with Crippen LogP contribution in [-0.4, -0.2) is 55.4 Å². The maximum absolute atomic E-state index is 13.6. The van der Waals surface area contributed by atoms with E-state index in [1.54, 1.807) is 28.7 Å². The van der Waals surface area contributed by atoms with Gasteiger partial charge in [-0.15, -0.1) is 0 Å². The van der Waals surface area contributed by atoms with E-state index in [2.05, 4.69) is 75.0 Å². The van der Waals surface area contributed by atoms with Crippen LogP contribution in [0.4, 0.5) is 0 Å². The number of hydrogen-bond acceptors (Lipinski definition) is 4. The molecule has 1 N–H and O–H groups in total. The van der Waals surface area contributed by atoms with Crippen molar-refractivity contribution in [3.8, 4) is 0 Å². The minimum atomic E-state index is -2.78. The van der Waals surface area contributed by atoms with Gasteiger partial charge >= 0.3 is 5.69 Å². The second kappa shape index (κ2) is 8.66. The van der Waals surface area contributed by atoms with Gasteiger partial charge in [-0.1, -0.05) is 33.9 Å². The van der Waals surface area contributed by atoms with Gasteiger partial charge in [0.2, 0.25) is 11.6 Å². The number of nitrogens with one attached hydrogen (secondary N) is 1. The van der Waals surface area contributed by atoms with Crippen molar-refractivity contribution in [1.82, 2.24) is 19.7 Å². The highest BCUT2D eigenvalue weighted by Crippen LogP contribution is 2.54. The van der Waals surface area contributed by atoms with Gasteiger partial charge in [-0.3, -0.25) is 9.59 Å². The normalized spacial score (nSPS) is 14.5. The fourth-order valence-corrected chi connectivity index (χ4v) is 11.0. The van der Waals surface area contributed by atoms with E-state index in [0.29, 0.717) is 11.1 Å². The summed E-state index contributed by atoms with van der Waals surface area (Å²) in [6.07, 6.45) is 0. The molecular formula is C22H33N5O2PS+. The van der Waals surface area contributed by atoms with Crippen LogP contribution in [0, 0.1) is 0 Å². The summed E-state index contributed by atoms with van der Waals surface area (Å²) < 4.78 is 6.33. The zero-order valence-corrected chi connectivity index (χ0v) is 21.3. The van der Waals surface area contributed by atoms with Gasteiger partial charge in [0.1, 0.15) is 0 Å². The number of fused-ring (bicyclic) bond motifs is 2. The number of ketones is 2. The van der Waals surface area contributed by atoms with Crippen molar-refractivity contribution in [2.24, 2.45) is 0 Å². The van der Waals surface area contributed by atoms with Gasteiger partial charge in [0.25, 0.3) is 12.2 Å². The molecule has 7 nitrogen and oxygen atoms in total. The summed E-state index contributed by atoms with van der Waals surface area (Å²) in [5.74, 6) is -0.462. The lowest BCUT2D eigenvalue weighted by atomic mass is 9.90. The Kier molecular flexibility index (Phi) is 6.68. The zero-order valence-electron chi connectivity index (χ0n) is 19.6. The molecule has 0 atom stereocenters. The van der Waals surface area contributed by atoms with E-state index in [1.807, 2.05) is 0 Å². The molecule has 3 rings (SSSR count). The van der Waals surface area contributed by atoms with E-state index < -0.39 is 6.49 Å². The van der Waals surface area contributed by atoms with Gasteiger partial charge in [-0.25, -0.2) is 9.34 Å². The Morgan fingerprint density at radius 2 is 1.26 bits per heavy atom. The second-order valence-corrected chi connectivity index (χ2v) is 12.9. The Morgan fingerprint density at radius 1 is 0.839 bits per heavy atom. The van der Waals surface area contributed by atoms with E-state index >= 15 is 0 Å². The predicted octanol–water partition coefficient (Wildman–Crippen LogP) is 3.78. The first-order valence-corrected chi connectivity index (χ1v) is 13.5. The zero-order chi connectivity index (χ0) is 23.2. The Hall–Kier alpha value is -1.73. The van der Waals surface area contributed by atoms with Crippen LogP contribution in [0.5, 0.6) is 0 Å².